The van der Waals surface area contributed by atoms with Gasteiger partial charge in [0.05, 0.1) is 0 Å². The van der Waals surface area contributed by atoms with Gasteiger partial charge in [0, 0.05) is 18.4 Å². The van der Waals surface area contributed by atoms with Crippen molar-refractivity contribution in [2.24, 2.45) is 5.92 Å². The van der Waals surface area contributed by atoms with Gasteiger partial charge in [-0.2, -0.15) is 4.98 Å². The van der Waals surface area contributed by atoms with E-state index in [0.29, 0.717) is 17.7 Å². The van der Waals surface area contributed by atoms with E-state index < -0.39 is 0 Å². The van der Waals surface area contributed by atoms with E-state index in [4.69, 9.17) is 9.51 Å². The highest BCUT2D eigenvalue weighted by atomic mass is 16.5. The number of hydrogen-bond acceptors (Lipinski definition) is 4. The number of likely N-dealkylation sites (tertiary alicyclic amines) is 1. The Morgan fingerprint density at radius 3 is 1.81 bits per heavy atom. The molecule has 1 amide bonds. The molecule has 2 aliphatic carbocycles. The summed E-state index contributed by atoms with van der Waals surface area (Å²) >= 11 is 0. The Hall–Kier alpha value is -1.39. The van der Waals surface area contributed by atoms with Crippen molar-refractivity contribution < 1.29 is 9.32 Å². The monoisotopic (exact) mass is 443 g/mol. The number of nitrogens with zero attached hydrogens (tertiary/aromatic N) is 3. The molecule has 0 bridgehead atoms. The fourth-order valence-electron chi connectivity index (χ4n) is 6.19. The van der Waals surface area contributed by atoms with Crippen molar-refractivity contribution in [1.82, 2.24) is 15.0 Å². The van der Waals surface area contributed by atoms with Crippen molar-refractivity contribution in [3.8, 4) is 0 Å². The van der Waals surface area contributed by atoms with E-state index >= 15 is 0 Å². The van der Waals surface area contributed by atoms with Gasteiger partial charge in [-0.25, -0.2) is 0 Å². The molecule has 1 atom stereocenters. The lowest BCUT2D eigenvalue weighted by atomic mass is 9.91. The zero-order valence-electron chi connectivity index (χ0n) is 20.2. The predicted octanol–water partition coefficient (Wildman–Crippen LogP) is 7.48. The maximum atomic E-state index is 13.5. The summed E-state index contributed by atoms with van der Waals surface area (Å²) in [5.41, 5.74) is 0. The molecular formula is C27H45N3O2. The van der Waals surface area contributed by atoms with Gasteiger partial charge in [-0.3, -0.25) is 4.79 Å². The first-order valence-corrected chi connectivity index (χ1v) is 14.0. The van der Waals surface area contributed by atoms with E-state index in [-0.39, 0.29) is 12.0 Å². The maximum Gasteiger partial charge on any atom is 0.249 e. The second-order valence-corrected chi connectivity index (χ2v) is 10.7. The van der Waals surface area contributed by atoms with Crippen molar-refractivity contribution in [3.05, 3.63) is 11.7 Å². The van der Waals surface area contributed by atoms with Crippen LogP contribution in [0.25, 0.3) is 0 Å². The Labute approximate surface area is 195 Å². The van der Waals surface area contributed by atoms with Gasteiger partial charge >= 0.3 is 0 Å². The number of rotatable bonds is 3. The molecule has 5 nitrogen and oxygen atoms in total. The van der Waals surface area contributed by atoms with Crippen LogP contribution in [0.3, 0.4) is 0 Å². The summed E-state index contributed by atoms with van der Waals surface area (Å²) in [5.74, 6) is 2.57. The summed E-state index contributed by atoms with van der Waals surface area (Å²) in [6, 6.07) is -0.00121. The van der Waals surface area contributed by atoms with Crippen LogP contribution in [0.4, 0.5) is 0 Å². The van der Waals surface area contributed by atoms with Gasteiger partial charge in [-0.1, -0.05) is 95.0 Å². The van der Waals surface area contributed by atoms with E-state index in [1.165, 1.54) is 103 Å². The molecule has 0 N–H and O–H groups in total. The van der Waals surface area contributed by atoms with E-state index in [9.17, 15) is 4.79 Å². The van der Waals surface area contributed by atoms with Gasteiger partial charge in [0.15, 0.2) is 5.82 Å². The molecule has 1 saturated heterocycles. The number of carbonyl (C=O) groups is 1. The fourth-order valence-corrected chi connectivity index (χ4v) is 6.19. The first kappa shape index (κ1) is 23.8. The third-order valence-corrected chi connectivity index (χ3v) is 8.20. The summed E-state index contributed by atoms with van der Waals surface area (Å²) in [4.78, 5) is 20.6. The zero-order valence-corrected chi connectivity index (χ0v) is 20.2. The van der Waals surface area contributed by atoms with Crippen LogP contribution in [0.15, 0.2) is 4.52 Å². The standard InChI is InChI=1S/C27H45N3O2/c31-27(23-18-13-9-5-2-6-10-14-19-23)30-21-15-20-24(30)26-28-25(29-32-26)22-16-11-7-3-1-4-8-12-17-22/h22-24H,1-21H2/t24-/m0/s1. The first-order chi connectivity index (χ1) is 15.8. The molecule has 1 aliphatic heterocycles. The number of carbonyl (C=O) groups excluding carboxylic acids is 1. The summed E-state index contributed by atoms with van der Waals surface area (Å²) in [6.45, 7) is 0.848. The highest BCUT2D eigenvalue weighted by molar-refractivity contribution is 5.79. The molecule has 0 unspecified atom stereocenters. The summed E-state index contributed by atoms with van der Waals surface area (Å²) < 4.78 is 5.82. The van der Waals surface area contributed by atoms with Crippen molar-refractivity contribution in [2.75, 3.05) is 6.54 Å². The quantitative estimate of drug-likeness (QED) is 0.486. The van der Waals surface area contributed by atoms with E-state index in [2.05, 4.69) is 10.1 Å². The number of aromatic nitrogens is 2. The van der Waals surface area contributed by atoms with Crippen molar-refractivity contribution in [2.45, 2.75) is 140 Å². The van der Waals surface area contributed by atoms with Crippen molar-refractivity contribution >= 4 is 5.91 Å². The molecule has 180 valence electrons. The van der Waals surface area contributed by atoms with Crippen LogP contribution < -0.4 is 0 Å². The first-order valence-electron chi connectivity index (χ1n) is 14.0. The summed E-state index contributed by atoms with van der Waals surface area (Å²) in [5, 5.41) is 4.44. The minimum Gasteiger partial charge on any atom is -0.337 e. The van der Waals surface area contributed by atoms with Crippen LogP contribution in [-0.2, 0) is 4.79 Å². The van der Waals surface area contributed by atoms with Crippen LogP contribution >= 0.6 is 0 Å². The molecule has 0 aromatic carbocycles. The molecular weight excluding hydrogens is 398 g/mol. The smallest absolute Gasteiger partial charge is 0.249 e. The fraction of sp³-hybridized carbons (Fsp3) is 0.889. The minimum atomic E-state index is -0.00121. The normalized spacial score (nSPS) is 26.1. The Morgan fingerprint density at radius 2 is 1.22 bits per heavy atom. The van der Waals surface area contributed by atoms with Crippen LogP contribution in [0.5, 0.6) is 0 Å². The Balaban J connectivity index is 1.40. The molecule has 1 aromatic heterocycles. The predicted molar refractivity (Wildman–Crippen MR) is 127 cm³/mol. The highest BCUT2D eigenvalue weighted by Crippen LogP contribution is 2.36. The third kappa shape index (κ3) is 6.57. The van der Waals surface area contributed by atoms with Gasteiger partial charge in [0.1, 0.15) is 6.04 Å². The second kappa shape index (κ2) is 12.7. The summed E-state index contributed by atoms with van der Waals surface area (Å²) in [7, 11) is 0. The Morgan fingerprint density at radius 1 is 0.688 bits per heavy atom. The molecule has 3 fully saturated rings. The maximum absolute atomic E-state index is 13.5. The average Bonchev–Trinajstić information content (AvgIpc) is 3.50. The average molecular weight is 444 g/mol. The molecule has 1 aromatic rings. The molecule has 0 spiro atoms. The number of amides is 1. The zero-order chi connectivity index (χ0) is 22.0. The van der Waals surface area contributed by atoms with E-state index in [1.807, 2.05) is 0 Å². The lowest BCUT2D eigenvalue weighted by Gasteiger charge is -2.27. The highest BCUT2D eigenvalue weighted by Gasteiger charge is 2.37. The van der Waals surface area contributed by atoms with E-state index in [1.54, 1.807) is 0 Å². The van der Waals surface area contributed by atoms with Gasteiger partial charge < -0.3 is 9.42 Å². The molecule has 5 heteroatoms. The minimum absolute atomic E-state index is 0.00121. The summed E-state index contributed by atoms with van der Waals surface area (Å²) in [6.07, 6.45) is 24.8. The largest absolute Gasteiger partial charge is 0.337 e. The second-order valence-electron chi connectivity index (χ2n) is 10.7. The molecule has 2 heterocycles. The van der Waals surface area contributed by atoms with Gasteiger partial charge in [0.25, 0.3) is 0 Å². The lowest BCUT2D eigenvalue weighted by molar-refractivity contribution is -0.137. The molecule has 2 saturated carbocycles. The van der Waals surface area contributed by atoms with Crippen LogP contribution in [0.2, 0.25) is 0 Å². The topological polar surface area (TPSA) is 59.2 Å². The lowest BCUT2D eigenvalue weighted by Crippen LogP contribution is -2.36. The SMILES string of the molecule is O=C(C1CCCCCCCCC1)N1CCC[C@H]1c1nc(C2CCCCCCCCC2)no1. The van der Waals surface area contributed by atoms with Gasteiger partial charge in [0.2, 0.25) is 11.8 Å². The molecule has 0 radical (unpaired) electrons. The molecule has 3 aliphatic rings. The number of hydrogen-bond donors (Lipinski definition) is 0. The Kier molecular flexibility index (Phi) is 9.46. The third-order valence-electron chi connectivity index (χ3n) is 8.20. The van der Waals surface area contributed by atoms with Crippen LogP contribution in [0.1, 0.15) is 152 Å². The molecule has 32 heavy (non-hydrogen) atoms. The van der Waals surface area contributed by atoms with E-state index in [0.717, 1.165) is 38.1 Å². The van der Waals surface area contributed by atoms with Crippen molar-refractivity contribution in [3.63, 3.8) is 0 Å². The van der Waals surface area contributed by atoms with Crippen LogP contribution in [-0.4, -0.2) is 27.5 Å². The van der Waals surface area contributed by atoms with Gasteiger partial charge in [-0.05, 0) is 38.5 Å². The Bertz CT molecular complexity index is 668. The van der Waals surface area contributed by atoms with Crippen molar-refractivity contribution in [1.29, 1.82) is 0 Å². The van der Waals surface area contributed by atoms with Crippen LogP contribution in [0, 0.1) is 5.92 Å². The van der Waals surface area contributed by atoms with Gasteiger partial charge in [-0.15, -0.1) is 0 Å². The molecule has 4 rings (SSSR count).